The van der Waals surface area contributed by atoms with Gasteiger partial charge in [0.05, 0.1) is 5.69 Å². The SMILES string of the molecule is c1cc2ccc3ccc(-c4ccc(-c5ccc(-c6cccc7c6oc6ccccc67)cc5)cc4)c4ccc(c1)c2c34.c1ccc(-c2ccc3ccc4c(-c5ccc(-c6cccc7c6oc6ccccc67)cn5)ccc5ccc2c3c54)cc1.c1ccc(-c2ccc3ccc4c(-c5ccc6cc(-c7cccc8c7oc7ccccc78)ccc6c5)ccc5ccc2c3c54)cc1. The number of para-hydroxylation sites is 6. The van der Waals surface area contributed by atoms with E-state index in [-0.39, 0.29) is 0 Å². The molecule has 0 bridgehead atoms. The molecule has 4 heteroatoms. The van der Waals surface area contributed by atoms with Gasteiger partial charge in [-0.05, 0) is 211 Å². The molecular weight excluding hydrogens is 1540 g/mol. The van der Waals surface area contributed by atoms with E-state index in [9.17, 15) is 0 Å². The van der Waals surface area contributed by atoms with Crippen molar-refractivity contribution in [1.29, 1.82) is 0 Å². The number of pyridine rings is 1. The normalized spacial score (nSPS) is 11.9. The molecule has 28 rings (SSSR count). The van der Waals surface area contributed by atoms with Crippen LogP contribution in [0.4, 0.5) is 0 Å². The maximum atomic E-state index is 6.35. The summed E-state index contributed by atoms with van der Waals surface area (Å²) in [5.74, 6) is 0. The molecule has 0 fully saturated rings. The van der Waals surface area contributed by atoms with E-state index in [1.807, 2.05) is 42.6 Å². The highest BCUT2D eigenvalue weighted by Gasteiger charge is 2.22. The first-order chi connectivity index (χ1) is 62.9. The smallest absolute Gasteiger partial charge is 0.143 e. The first-order valence-electron chi connectivity index (χ1n) is 43.6. The van der Waals surface area contributed by atoms with Gasteiger partial charge >= 0.3 is 0 Å². The van der Waals surface area contributed by atoms with Gasteiger partial charge in [-0.25, -0.2) is 0 Å². The van der Waals surface area contributed by atoms with Crippen molar-refractivity contribution in [2.75, 3.05) is 0 Å². The molecular formula is C123H73NO3. The Morgan fingerprint density at radius 1 is 0.142 bits per heavy atom. The van der Waals surface area contributed by atoms with Crippen molar-refractivity contribution in [3.8, 4) is 100 Å². The average molecular weight is 1610 g/mol. The summed E-state index contributed by atoms with van der Waals surface area (Å²) >= 11 is 0. The Morgan fingerprint density at radius 2 is 0.409 bits per heavy atom. The minimum atomic E-state index is 0.903. The largest absolute Gasteiger partial charge is 0.455 e. The fraction of sp³-hybridized carbons (Fsp3) is 0. The molecule has 0 spiro atoms. The zero-order chi connectivity index (χ0) is 83.3. The lowest BCUT2D eigenvalue weighted by Crippen LogP contribution is -1.91. The molecule has 0 saturated carbocycles. The van der Waals surface area contributed by atoms with Gasteiger partial charge in [-0.3, -0.25) is 4.98 Å². The third kappa shape index (κ3) is 11.7. The van der Waals surface area contributed by atoms with E-state index < -0.39 is 0 Å². The number of hydrogen-bond donors (Lipinski definition) is 0. The van der Waals surface area contributed by atoms with Crippen LogP contribution >= 0.6 is 0 Å². The van der Waals surface area contributed by atoms with Crippen LogP contribution in [0.3, 0.4) is 0 Å². The summed E-state index contributed by atoms with van der Waals surface area (Å²) < 4.78 is 18.9. The fourth-order valence-corrected chi connectivity index (χ4v) is 20.7. The molecule has 0 N–H and O–H groups in total. The monoisotopic (exact) mass is 1610 g/mol. The number of benzene rings is 24. The number of aromatic nitrogens is 1. The van der Waals surface area contributed by atoms with Crippen LogP contribution in [0.25, 0.3) is 274 Å². The number of hydrogen-bond acceptors (Lipinski definition) is 4. The van der Waals surface area contributed by atoms with Gasteiger partial charge in [0.15, 0.2) is 0 Å². The molecule has 24 aromatic carbocycles. The van der Waals surface area contributed by atoms with E-state index in [2.05, 4.69) is 400 Å². The van der Waals surface area contributed by atoms with Crippen LogP contribution in [-0.2, 0) is 0 Å². The second-order valence-corrected chi connectivity index (χ2v) is 33.7. The van der Waals surface area contributed by atoms with Gasteiger partial charge in [0.25, 0.3) is 0 Å². The third-order valence-electron chi connectivity index (χ3n) is 26.8. The fourth-order valence-electron chi connectivity index (χ4n) is 20.7. The molecule has 0 aliphatic carbocycles. The van der Waals surface area contributed by atoms with E-state index in [0.29, 0.717) is 0 Å². The summed E-state index contributed by atoms with van der Waals surface area (Å²) in [6.45, 7) is 0. The van der Waals surface area contributed by atoms with Crippen molar-refractivity contribution in [1.82, 2.24) is 4.98 Å². The molecule has 0 amide bonds. The zero-order valence-corrected chi connectivity index (χ0v) is 68.8. The highest BCUT2D eigenvalue weighted by atomic mass is 16.3. The molecule has 0 aliphatic heterocycles. The van der Waals surface area contributed by atoms with Crippen molar-refractivity contribution >= 4 is 174 Å². The Balaban J connectivity index is 0.000000101. The second kappa shape index (κ2) is 28.9. The summed E-state index contributed by atoms with van der Waals surface area (Å²) in [6, 6.07) is 157. The molecule has 4 heterocycles. The molecule has 4 nitrogen and oxygen atoms in total. The van der Waals surface area contributed by atoms with Gasteiger partial charge in [-0.1, -0.05) is 400 Å². The first kappa shape index (κ1) is 71.9. The molecule has 588 valence electrons. The van der Waals surface area contributed by atoms with Crippen molar-refractivity contribution < 1.29 is 13.3 Å². The minimum absolute atomic E-state index is 0.903. The third-order valence-corrected chi connectivity index (χ3v) is 26.8. The predicted octanol–water partition coefficient (Wildman–Crippen LogP) is 35.0. The summed E-state index contributed by atoms with van der Waals surface area (Å²) in [6.07, 6.45) is 1.97. The Morgan fingerprint density at radius 3 is 0.819 bits per heavy atom. The Labute approximate surface area is 730 Å². The number of fused-ring (bicyclic) bond motifs is 10. The average Bonchev–Trinajstić information content (AvgIpc) is 1.74. The molecule has 0 unspecified atom stereocenters. The van der Waals surface area contributed by atoms with Crippen LogP contribution in [0, 0.1) is 0 Å². The summed E-state index contributed by atoms with van der Waals surface area (Å²) in [4.78, 5) is 4.99. The molecule has 28 aromatic rings. The number of furan rings is 3. The lowest BCUT2D eigenvalue weighted by atomic mass is 9.87. The van der Waals surface area contributed by atoms with Crippen LogP contribution in [-0.4, -0.2) is 4.98 Å². The van der Waals surface area contributed by atoms with Crippen molar-refractivity contribution in [2.24, 2.45) is 0 Å². The zero-order valence-electron chi connectivity index (χ0n) is 68.8. The maximum Gasteiger partial charge on any atom is 0.143 e. The Kier molecular flexibility index (Phi) is 16.4. The summed E-state index contributed by atoms with van der Waals surface area (Å²) in [5.41, 5.74) is 26.8. The lowest BCUT2D eigenvalue weighted by molar-refractivity contribution is 0.669. The summed E-state index contributed by atoms with van der Waals surface area (Å²) in [5, 5.41) is 32.7. The summed E-state index contributed by atoms with van der Waals surface area (Å²) in [7, 11) is 0. The van der Waals surface area contributed by atoms with Gasteiger partial charge < -0.3 is 13.3 Å². The Hall–Kier alpha value is -16.8. The van der Waals surface area contributed by atoms with Gasteiger partial charge in [0.2, 0.25) is 0 Å². The van der Waals surface area contributed by atoms with E-state index >= 15 is 0 Å². The van der Waals surface area contributed by atoms with Crippen LogP contribution in [0.2, 0.25) is 0 Å². The van der Waals surface area contributed by atoms with Crippen LogP contribution in [0.5, 0.6) is 0 Å². The number of nitrogens with zero attached hydrogens (tertiary/aromatic N) is 1. The highest BCUT2D eigenvalue weighted by molar-refractivity contribution is 6.30. The van der Waals surface area contributed by atoms with Crippen molar-refractivity contribution in [3.63, 3.8) is 0 Å². The quantitative estimate of drug-likeness (QED) is 0.135. The van der Waals surface area contributed by atoms with Crippen LogP contribution in [0.1, 0.15) is 0 Å². The van der Waals surface area contributed by atoms with E-state index in [1.54, 1.807) is 0 Å². The lowest BCUT2D eigenvalue weighted by Gasteiger charge is -2.17. The second-order valence-electron chi connectivity index (χ2n) is 33.7. The molecule has 0 radical (unpaired) electrons. The standard InChI is InChI=1S/C44H26O.C40H24O.C39H23NO/c1-2-7-27(8-3-1)34-21-17-28-20-24-39-35(22-18-29-19-23-38(34)42(28)43(29)39)32-15-13-31-26-33(16-14-30(31)25-32)36-10-6-11-40-37-9-4-5-12-41(37)45-44(36)40;1-2-10-37-34(7-1)36-9-4-8-33(40(36)41-37)28-17-13-26(14-18-28)25-11-15-27(16-12-25)32-23-21-31-20-19-29-5-3-6-30-22-24-35(32)39(31)38(29)30;1-2-7-24(8-3-1)28-18-13-25-16-21-33-30(19-14-26-15-20-32(28)37(25)38(26)33)35-22-17-27(23-40-35)29-10-6-11-34-31-9-4-5-12-36(31)41-39(29)34/h1-26H;1-24H;1-23H. The Bertz CT molecular complexity index is 9220. The maximum absolute atomic E-state index is 6.35. The van der Waals surface area contributed by atoms with Gasteiger partial charge in [-0.2, -0.15) is 0 Å². The van der Waals surface area contributed by atoms with Gasteiger partial charge in [0, 0.05) is 66.3 Å². The molecule has 4 aromatic heterocycles. The highest BCUT2D eigenvalue weighted by Crippen LogP contribution is 2.49. The minimum Gasteiger partial charge on any atom is -0.455 e. The van der Waals surface area contributed by atoms with Crippen LogP contribution < -0.4 is 0 Å². The first-order valence-corrected chi connectivity index (χ1v) is 43.6. The van der Waals surface area contributed by atoms with Gasteiger partial charge in [0.1, 0.15) is 33.5 Å². The molecule has 0 atom stereocenters. The molecule has 0 aliphatic rings. The number of rotatable bonds is 9. The van der Waals surface area contributed by atoms with Crippen molar-refractivity contribution in [3.05, 3.63) is 443 Å². The predicted molar refractivity (Wildman–Crippen MR) is 536 cm³/mol. The van der Waals surface area contributed by atoms with E-state index in [1.165, 1.54) is 163 Å². The van der Waals surface area contributed by atoms with Gasteiger partial charge in [-0.15, -0.1) is 0 Å². The van der Waals surface area contributed by atoms with E-state index in [0.717, 1.165) is 110 Å². The van der Waals surface area contributed by atoms with Crippen molar-refractivity contribution in [2.45, 2.75) is 0 Å². The van der Waals surface area contributed by atoms with E-state index in [4.69, 9.17) is 18.2 Å². The molecule has 127 heavy (non-hydrogen) atoms. The van der Waals surface area contributed by atoms with Crippen LogP contribution in [0.15, 0.2) is 456 Å². The topological polar surface area (TPSA) is 52.3 Å². The molecule has 0 saturated heterocycles.